The molecule has 0 bridgehead atoms. The highest BCUT2D eigenvalue weighted by Gasteiger charge is 2.29. The van der Waals surface area contributed by atoms with Crippen molar-refractivity contribution in [2.45, 2.75) is 50.6 Å². The van der Waals surface area contributed by atoms with Gasteiger partial charge in [-0.15, -0.1) is 0 Å². The fraction of sp³-hybridized carbons (Fsp3) is 0.556. The molecule has 3 N–H and O–H groups in total. The Kier molecular flexibility index (Phi) is 5.33. The molecule has 1 aromatic carbocycles. The van der Waals surface area contributed by atoms with E-state index in [1.54, 1.807) is 12.1 Å². The second-order valence-corrected chi connectivity index (χ2v) is 6.68. The van der Waals surface area contributed by atoms with Crippen LogP contribution in [0.5, 0.6) is 0 Å². The molecule has 1 aromatic rings. The second kappa shape index (κ2) is 7.64. The van der Waals surface area contributed by atoms with E-state index in [1.165, 1.54) is 12.1 Å². The number of benzene rings is 1. The van der Waals surface area contributed by atoms with Crippen LogP contribution in [0.4, 0.5) is 9.18 Å². The van der Waals surface area contributed by atoms with Crippen LogP contribution in [-0.2, 0) is 4.79 Å². The van der Waals surface area contributed by atoms with Gasteiger partial charge in [-0.05, 0) is 49.3 Å². The zero-order valence-corrected chi connectivity index (χ0v) is 13.7. The van der Waals surface area contributed by atoms with Crippen molar-refractivity contribution in [3.8, 4) is 0 Å². The maximum atomic E-state index is 13.2. The Morgan fingerprint density at radius 3 is 2.50 bits per heavy atom. The summed E-state index contributed by atoms with van der Waals surface area (Å²) in [5, 5.41) is 8.54. The van der Waals surface area contributed by atoms with Gasteiger partial charge < -0.3 is 16.0 Å². The minimum Gasteiger partial charge on any atom is -0.354 e. The lowest BCUT2D eigenvalue weighted by molar-refractivity contribution is -0.124. The number of amides is 3. The molecule has 0 unspecified atom stereocenters. The van der Waals surface area contributed by atoms with Crippen LogP contribution >= 0.6 is 0 Å². The van der Waals surface area contributed by atoms with Gasteiger partial charge in [0.1, 0.15) is 11.9 Å². The van der Waals surface area contributed by atoms with E-state index in [1.807, 2.05) is 0 Å². The van der Waals surface area contributed by atoms with Crippen molar-refractivity contribution in [2.24, 2.45) is 5.92 Å². The van der Waals surface area contributed by atoms with Crippen LogP contribution in [0, 0.1) is 11.7 Å². The first-order chi connectivity index (χ1) is 11.6. The molecular weight excluding hydrogens is 309 g/mol. The summed E-state index contributed by atoms with van der Waals surface area (Å²) >= 11 is 0. The highest BCUT2D eigenvalue weighted by Crippen LogP contribution is 2.35. The quantitative estimate of drug-likeness (QED) is 0.793. The minimum atomic E-state index is -0.476. The summed E-state index contributed by atoms with van der Waals surface area (Å²) in [4.78, 5) is 24.2. The summed E-state index contributed by atoms with van der Waals surface area (Å²) in [6, 6.07) is 5.34. The van der Waals surface area contributed by atoms with Crippen LogP contribution < -0.4 is 16.0 Å². The first kappa shape index (κ1) is 16.7. The van der Waals surface area contributed by atoms with E-state index in [0.717, 1.165) is 37.7 Å². The largest absolute Gasteiger partial charge is 0.354 e. The average Bonchev–Trinajstić information content (AvgIpc) is 3.10. The number of nitrogens with one attached hydrogen (secondary N) is 3. The third-order valence-corrected chi connectivity index (χ3v) is 4.98. The second-order valence-electron chi connectivity index (χ2n) is 6.68. The maximum Gasteiger partial charge on any atom is 0.315 e. The number of carbonyl (C=O) groups excluding carboxylic acids is 2. The molecule has 0 spiro atoms. The standard InChI is InChI=1S/C18H24FN3O2/c19-14-9-7-13(8-10-14)16(12-4-1-2-5-12)22-18(24)21-15-6-3-11-20-17(15)23/h7-10,12,15-16H,1-6,11H2,(H,20,23)(H2,21,22,24)/t15-,16+/m1/s1. The van der Waals surface area contributed by atoms with Crippen LogP contribution in [0.25, 0.3) is 0 Å². The minimum absolute atomic E-state index is 0.129. The molecule has 1 heterocycles. The molecule has 0 aromatic heterocycles. The molecule has 1 saturated heterocycles. The van der Waals surface area contributed by atoms with Gasteiger partial charge in [0.15, 0.2) is 0 Å². The Morgan fingerprint density at radius 2 is 1.83 bits per heavy atom. The van der Waals surface area contributed by atoms with E-state index in [2.05, 4.69) is 16.0 Å². The number of piperidine rings is 1. The van der Waals surface area contributed by atoms with Crippen molar-refractivity contribution in [3.63, 3.8) is 0 Å². The fourth-order valence-corrected chi connectivity index (χ4v) is 3.69. The summed E-state index contributed by atoms with van der Waals surface area (Å²) in [5.41, 5.74) is 0.909. The van der Waals surface area contributed by atoms with Crippen LogP contribution in [0.1, 0.15) is 50.1 Å². The van der Waals surface area contributed by atoms with Gasteiger partial charge in [-0.2, -0.15) is 0 Å². The van der Waals surface area contributed by atoms with E-state index in [4.69, 9.17) is 0 Å². The van der Waals surface area contributed by atoms with Gasteiger partial charge >= 0.3 is 6.03 Å². The van der Waals surface area contributed by atoms with Gasteiger partial charge in [0.25, 0.3) is 0 Å². The molecule has 130 valence electrons. The highest BCUT2D eigenvalue weighted by atomic mass is 19.1. The summed E-state index contributed by atoms with van der Waals surface area (Å²) in [6.07, 6.45) is 5.91. The lowest BCUT2D eigenvalue weighted by atomic mass is 9.91. The molecule has 2 atom stereocenters. The Labute approximate surface area is 141 Å². The summed E-state index contributed by atoms with van der Waals surface area (Å²) < 4.78 is 13.2. The Balaban J connectivity index is 1.67. The molecule has 3 rings (SSSR count). The van der Waals surface area contributed by atoms with Crippen LogP contribution in [0.15, 0.2) is 24.3 Å². The third kappa shape index (κ3) is 4.04. The lowest BCUT2D eigenvalue weighted by Gasteiger charge is -2.28. The molecule has 3 amide bonds. The Hall–Kier alpha value is -2.11. The van der Waals surface area contributed by atoms with E-state index in [9.17, 15) is 14.0 Å². The molecule has 6 heteroatoms. The topological polar surface area (TPSA) is 70.2 Å². The van der Waals surface area contributed by atoms with Crippen molar-refractivity contribution in [2.75, 3.05) is 6.54 Å². The normalized spacial score (nSPS) is 22.7. The van der Waals surface area contributed by atoms with Crippen molar-refractivity contribution >= 4 is 11.9 Å². The van der Waals surface area contributed by atoms with E-state index in [-0.39, 0.29) is 23.8 Å². The van der Waals surface area contributed by atoms with Gasteiger partial charge in [0.2, 0.25) is 5.91 Å². The van der Waals surface area contributed by atoms with Crippen molar-refractivity contribution in [1.29, 1.82) is 0 Å². The predicted molar refractivity (Wildman–Crippen MR) is 88.8 cm³/mol. The average molecular weight is 333 g/mol. The number of halogens is 1. The number of rotatable bonds is 4. The molecule has 2 fully saturated rings. The van der Waals surface area contributed by atoms with Gasteiger partial charge in [0, 0.05) is 6.54 Å². The SMILES string of the molecule is O=C(N[C@H](c1ccc(F)cc1)C1CCCC1)N[C@@H]1CCCNC1=O. The van der Waals surface area contributed by atoms with Crippen molar-refractivity contribution < 1.29 is 14.0 Å². The smallest absolute Gasteiger partial charge is 0.315 e. The zero-order chi connectivity index (χ0) is 16.9. The summed E-state index contributed by atoms with van der Waals surface area (Å²) in [6.45, 7) is 0.666. The lowest BCUT2D eigenvalue weighted by Crippen LogP contribution is -2.53. The van der Waals surface area contributed by atoms with Crippen molar-refractivity contribution in [1.82, 2.24) is 16.0 Å². The fourth-order valence-electron chi connectivity index (χ4n) is 3.69. The number of hydrogen-bond donors (Lipinski definition) is 3. The monoisotopic (exact) mass is 333 g/mol. The molecule has 1 saturated carbocycles. The molecule has 24 heavy (non-hydrogen) atoms. The highest BCUT2D eigenvalue weighted by molar-refractivity contribution is 5.87. The molecule has 2 aliphatic rings. The maximum absolute atomic E-state index is 13.2. The van der Waals surface area contributed by atoms with Gasteiger partial charge in [-0.3, -0.25) is 4.79 Å². The summed E-state index contributed by atoms with van der Waals surface area (Å²) in [5.74, 6) is -0.0655. The predicted octanol–water partition coefficient (Wildman–Crippen LogP) is 2.63. The van der Waals surface area contributed by atoms with E-state index >= 15 is 0 Å². The van der Waals surface area contributed by atoms with Gasteiger partial charge in [-0.1, -0.05) is 25.0 Å². The Morgan fingerprint density at radius 1 is 1.12 bits per heavy atom. The Bertz CT molecular complexity index is 584. The molecule has 5 nitrogen and oxygen atoms in total. The molecule has 0 radical (unpaired) electrons. The third-order valence-electron chi connectivity index (χ3n) is 4.98. The van der Waals surface area contributed by atoms with Crippen molar-refractivity contribution in [3.05, 3.63) is 35.6 Å². The van der Waals surface area contributed by atoms with Gasteiger partial charge in [0.05, 0.1) is 6.04 Å². The van der Waals surface area contributed by atoms with Crippen LogP contribution in [0.3, 0.4) is 0 Å². The van der Waals surface area contributed by atoms with E-state index < -0.39 is 6.04 Å². The molecule has 1 aliphatic heterocycles. The molecular formula is C18H24FN3O2. The van der Waals surface area contributed by atoms with Gasteiger partial charge in [-0.25, -0.2) is 9.18 Å². The zero-order valence-electron chi connectivity index (χ0n) is 13.7. The first-order valence-corrected chi connectivity index (χ1v) is 8.73. The number of hydrogen-bond acceptors (Lipinski definition) is 2. The van der Waals surface area contributed by atoms with Crippen LogP contribution in [0.2, 0.25) is 0 Å². The first-order valence-electron chi connectivity index (χ1n) is 8.73. The van der Waals surface area contributed by atoms with Crippen LogP contribution in [-0.4, -0.2) is 24.5 Å². The number of urea groups is 1. The summed E-state index contributed by atoms with van der Waals surface area (Å²) in [7, 11) is 0. The van der Waals surface area contributed by atoms with E-state index in [0.29, 0.717) is 18.9 Å². The number of carbonyl (C=O) groups is 2. The molecule has 1 aliphatic carbocycles.